The molecule has 2 amide bonds. The van der Waals surface area contributed by atoms with Gasteiger partial charge in [-0.25, -0.2) is 0 Å². The molecule has 0 heterocycles. The Morgan fingerprint density at radius 1 is 1.04 bits per heavy atom. The van der Waals surface area contributed by atoms with E-state index < -0.39 is 6.04 Å². The fourth-order valence-electron chi connectivity index (χ4n) is 5.98. The molecule has 4 saturated carbocycles. The molecule has 4 fully saturated rings. The number of nitrogens with one attached hydrogen (secondary N) is 1. The molecule has 4 aliphatic carbocycles. The Morgan fingerprint density at radius 3 is 2.00 bits per heavy atom. The third-order valence-corrected chi connectivity index (χ3v) is 6.57. The number of amides is 2. The molecule has 3 N–H and O–H groups in total. The molecule has 128 valence electrons. The second kappa shape index (κ2) is 5.61. The minimum absolute atomic E-state index is 0.110. The first-order chi connectivity index (χ1) is 11.4. The molecule has 4 nitrogen and oxygen atoms in total. The Labute approximate surface area is 143 Å². The van der Waals surface area contributed by atoms with Crippen molar-refractivity contribution < 1.29 is 9.59 Å². The summed E-state index contributed by atoms with van der Waals surface area (Å²) >= 11 is 0. The second-order valence-electron chi connectivity index (χ2n) is 8.45. The molecule has 24 heavy (non-hydrogen) atoms. The largest absolute Gasteiger partial charge is 0.368 e. The van der Waals surface area contributed by atoms with Gasteiger partial charge in [-0.1, -0.05) is 17.7 Å². The van der Waals surface area contributed by atoms with E-state index in [0.29, 0.717) is 5.56 Å². The molecule has 4 aliphatic rings. The average Bonchev–Trinajstić information content (AvgIpc) is 2.51. The van der Waals surface area contributed by atoms with Crippen molar-refractivity contribution in [2.45, 2.75) is 51.5 Å². The van der Waals surface area contributed by atoms with Gasteiger partial charge in [0.05, 0.1) is 0 Å². The van der Waals surface area contributed by atoms with Crippen LogP contribution in [0.4, 0.5) is 0 Å². The van der Waals surface area contributed by atoms with Gasteiger partial charge in [0.15, 0.2) is 0 Å². The van der Waals surface area contributed by atoms with Crippen molar-refractivity contribution in [1.82, 2.24) is 5.32 Å². The topological polar surface area (TPSA) is 72.2 Å². The molecule has 0 spiro atoms. The molecule has 0 unspecified atom stereocenters. The van der Waals surface area contributed by atoms with Gasteiger partial charge >= 0.3 is 0 Å². The van der Waals surface area contributed by atoms with E-state index in [4.69, 9.17) is 5.73 Å². The normalized spacial score (nSPS) is 34.8. The van der Waals surface area contributed by atoms with E-state index >= 15 is 0 Å². The van der Waals surface area contributed by atoms with Crippen molar-refractivity contribution in [3.8, 4) is 0 Å². The molecule has 0 aliphatic heterocycles. The first-order valence-corrected chi connectivity index (χ1v) is 9.12. The first-order valence-electron chi connectivity index (χ1n) is 9.12. The lowest BCUT2D eigenvalue weighted by atomic mass is 9.47. The summed E-state index contributed by atoms with van der Waals surface area (Å²) < 4.78 is 0. The Morgan fingerprint density at radius 2 is 1.54 bits per heavy atom. The van der Waals surface area contributed by atoms with E-state index in [1.807, 2.05) is 31.2 Å². The van der Waals surface area contributed by atoms with Crippen LogP contribution in [0.25, 0.3) is 0 Å². The van der Waals surface area contributed by atoms with Crippen LogP contribution in [-0.2, 0) is 4.79 Å². The highest BCUT2D eigenvalue weighted by atomic mass is 16.2. The number of carbonyl (C=O) groups is 2. The summed E-state index contributed by atoms with van der Waals surface area (Å²) in [7, 11) is 0. The Bertz CT molecular complexity index is 629. The van der Waals surface area contributed by atoms with Crippen LogP contribution in [0.15, 0.2) is 24.3 Å². The van der Waals surface area contributed by atoms with Crippen LogP contribution >= 0.6 is 0 Å². The summed E-state index contributed by atoms with van der Waals surface area (Å²) in [5.41, 5.74) is 7.35. The standard InChI is InChI=1S/C20H26N2O2/c1-12-2-4-16(5-3-12)19(24)22-17(18(21)23)20-9-13-6-14(10-20)8-15(7-13)11-20/h2-5,13-15,17H,6-11H2,1H3,(H2,21,23)(H,22,24)/t13?,14?,15?,17-,20?/m1/s1. The van der Waals surface area contributed by atoms with Gasteiger partial charge in [-0.2, -0.15) is 0 Å². The average molecular weight is 326 g/mol. The number of hydrogen-bond donors (Lipinski definition) is 2. The Balaban J connectivity index is 1.57. The van der Waals surface area contributed by atoms with Gasteiger partial charge < -0.3 is 11.1 Å². The highest BCUT2D eigenvalue weighted by Gasteiger charge is 2.56. The quantitative estimate of drug-likeness (QED) is 0.893. The number of benzene rings is 1. The first kappa shape index (κ1) is 15.7. The summed E-state index contributed by atoms with van der Waals surface area (Å²) in [6, 6.07) is 6.91. The molecular formula is C20H26N2O2. The van der Waals surface area contributed by atoms with E-state index in [0.717, 1.165) is 42.6 Å². The summed E-state index contributed by atoms with van der Waals surface area (Å²) in [5.74, 6) is 1.59. The van der Waals surface area contributed by atoms with Crippen LogP contribution in [0, 0.1) is 30.1 Å². The van der Waals surface area contributed by atoms with Crippen molar-refractivity contribution in [3.05, 3.63) is 35.4 Å². The molecule has 4 bridgehead atoms. The van der Waals surface area contributed by atoms with Crippen molar-refractivity contribution >= 4 is 11.8 Å². The van der Waals surface area contributed by atoms with Crippen molar-refractivity contribution in [2.24, 2.45) is 28.9 Å². The number of primary amides is 1. The van der Waals surface area contributed by atoms with Gasteiger partial charge in [-0.3, -0.25) is 9.59 Å². The van der Waals surface area contributed by atoms with E-state index in [9.17, 15) is 9.59 Å². The summed E-state index contributed by atoms with van der Waals surface area (Å²) in [6.07, 6.45) is 7.03. The van der Waals surface area contributed by atoms with Crippen LogP contribution in [0.2, 0.25) is 0 Å². The van der Waals surface area contributed by atoms with E-state index in [1.54, 1.807) is 0 Å². The zero-order valence-electron chi connectivity index (χ0n) is 14.3. The number of aryl methyl sites for hydroxylation is 1. The minimum Gasteiger partial charge on any atom is -0.368 e. The number of carbonyl (C=O) groups excluding carboxylic acids is 2. The fourth-order valence-corrected chi connectivity index (χ4v) is 5.98. The van der Waals surface area contributed by atoms with Crippen LogP contribution in [0.3, 0.4) is 0 Å². The van der Waals surface area contributed by atoms with E-state index in [2.05, 4.69) is 5.32 Å². The molecule has 0 saturated heterocycles. The van der Waals surface area contributed by atoms with Crippen molar-refractivity contribution in [1.29, 1.82) is 0 Å². The van der Waals surface area contributed by atoms with Gasteiger partial charge in [-0.15, -0.1) is 0 Å². The zero-order chi connectivity index (χ0) is 16.9. The summed E-state index contributed by atoms with van der Waals surface area (Å²) in [4.78, 5) is 24.9. The lowest BCUT2D eigenvalue weighted by Gasteiger charge is -2.58. The maximum atomic E-state index is 12.6. The lowest BCUT2D eigenvalue weighted by Crippen LogP contribution is -2.61. The van der Waals surface area contributed by atoms with Gasteiger partial charge in [-0.05, 0) is 75.3 Å². The highest BCUT2D eigenvalue weighted by molar-refractivity contribution is 5.97. The van der Waals surface area contributed by atoms with Gasteiger partial charge in [0, 0.05) is 11.0 Å². The van der Waals surface area contributed by atoms with Crippen LogP contribution < -0.4 is 11.1 Å². The molecule has 0 aromatic heterocycles. The Kier molecular flexibility index (Phi) is 3.66. The van der Waals surface area contributed by atoms with E-state index in [1.165, 1.54) is 19.3 Å². The monoisotopic (exact) mass is 326 g/mol. The van der Waals surface area contributed by atoms with Crippen molar-refractivity contribution in [2.75, 3.05) is 0 Å². The van der Waals surface area contributed by atoms with Gasteiger partial charge in [0.1, 0.15) is 6.04 Å². The molecule has 1 aromatic carbocycles. The number of rotatable bonds is 4. The summed E-state index contributed by atoms with van der Waals surface area (Å²) in [5, 5.41) is 3.00. The third-order valence-electron chi connectivity index (χ3n) is 6.57. The maximum Gasteiger partial charge on any atom is 0.251 e. The van der Waals surface area contributed by atoms with Crippen LogP contribution in [0.5, 0.6) is 0 Å². The third kappa shape index (κ3) is 2.62. The lowest BCUT2D eigenvalue weighted by molar-refractivity contribution is -0.131. The SMILES string of the molecule is Cc1ccc(C(=O)N[C@H](C(N)=O)C23CC4CC(CC(C4)C2)C3)cc1. The predicted molar refractivity (Wildman–Crippen MR) is 92.2 cm³/mol. The predicted octanol–water partition coefficient (Wildman–Crippen LogP) is 2.80. The van der Waals surface area contributed by atoms with Crippen molar-refractivity contribution in [3.63, 3.8) is 0 Å². The fraction of sp³-hybridized carbons (Fsp3) is 0.600. The molecule has 1 aromatic rings. The number of hydrogen-bond acceptors (Lipinski definition) is 2. The zero-order valence-corrected chi connectivity index (χ0v) is 14.3. The highest BCUT2D eigenvalue weighted by Crippen LogP contribution is 2.61. The second-order valence-corrected chi connectivity index (χ2v) is 8.45. The maximum absolute atomic E-state index is 12.6. The smallest absolute Gasteiger partial charge is 0.251 e. The van der Waals surface area contributed by atoms with Gasteiger partial charge in [0.2, 0.25) is 5.91 Å². The molecule has 1 atom stereocenters. The molecule has 0 radical (unpaired) electrons. The van der Waals surface area contributed by atoms with Crippen LogP contribution in [0.1, 0.15) is 54.4 Å². The van der Waals surface area contributed by atoms with Gasteiger partial charge in [0.25, 0.3) is 5.91 Å². The molecule has 4 heteroatoms. The van der Waals surface area contributed by atoms with E-state index in [-0.39, 0.29) is 17.2 Å². The van der Waals surface area contributed by atoms with Crippen LogP contribution in [-0.4, -0.2) is 17.9 Å². The summed E-state index contributed by atoms with van der Waals surface area (Å²) in [6.45, 7) is 1.99. The number of nitrogens with two attached hydrogens (primary N) is 1. The molecular weight excluding hydrogens is 300 g/mol. The minimum atomic E-state index is -0.542. The molecule has 5 rings (SSSR count). The Hall–Kier alpha value is -1.84.